The molecule has 0 aliphatic heterocycles. The van der Waals surface area contributed by atoms with Crippen LogP contribution in [-0.4, -0.2) is 27.7 Å². The highest BCUT2D eigenvalue weighted by Crippen LogP contribution is 1.85. The number of nitrogens with zero attached hydrogens (tertiary/aromatic N) is 1. The van der Waals surface area contributed by atoms with E-state index in [1.807, 2.05) is 0 Å². The fraction of sp³-hybridized carbons (Fsp3) is 0.429. The molecule has 13 heavy (non-hydrogen) atoms. The predicted molar refractivity (Wildman–Crippen MR) is 43.3 cm³/mol. The number of H-pyrrole nitrogens is 1. The zero-order valence-electron chi connectivity index (χ0n) is 6.74. The summed E-state index contributed by atoms with van der Waals surface area (Å²) in [4.78, 5) is 21.7. The number of hydrogen-bond acceptors (Lipinski definition) is 3. The molecule has 2 N–H and O–H groups in total. The van der Waals surface area contributed by atoms with Crippen LogP contribution in [0.15, 0.2) is 21.7 Å². The van der Waals surface area contributed by atoms with E-state index in [9.17, 15) is 14.0 Å². The second-order valence-electron chi connectivity index (χ2n) is 2.57. The van der Waals surface area contributed by atoms with Crippen LogP contribution in [0.5, 0.6) is 0 Å². The van der Waals surface area contributed by atoms with Gasteiger partial charge in [0.05, 0.1) is 6.54 Å². The van der Waals surface area contributed by atoms with Gasteiger partial charge in [-0.05, 0) is 0 Å². The number of aromatic nitrogens is 2. The van der Waals surface area contributed by atoms with Crippen LogP contribution < -0.4 is 11.1 Å². The van der Waals surface area contributed by atoms with Gasteiger partial charge >= 0.3 is 0 Å². The number of alkyl halides is 1. The lowest BCUT2D eigenvalue weighted by Crippen LogP contribution is -2.32. The highest BCUT2D eigenvalue weighted by atomic mass is 19.1. The van der Waals surface area contributed by atoms with E-state index in [0.717, 1.165) is 16.8 Å². The molecule has 0 saturated heterocycles. The van der Waals surface area contributed by atoms with Crippen LogP contribution >= 0.6 is 0 Å². The Morgan fingerprint density at radius 3 is 2.85 bits per heavy atom. The van der Waals surface area contributed by atoms with E-state index in [2.05, 4.69) is 5.10 Å². The first kappa shape index (κ1) is 9.66. The maximum atomic E-state index is 11.8. The van der Waals surface area contributed by atoms with Gasteiger partial charge in [-0.2, -0.15) is 0 Å². The minimum absolute atomic E-state index is 0.245. The molecule has 1 rings (SSSR count). The average molecular weight is 188 g/mol. The normalized spacial score (nSPS) is 12.8. The Bertz CT molecular complexity index is 384. The van der Waals surface area contributed by atoms with Crippen molar-refractivity contribution in [1.82, 2.24) is 9.78 Å². The number of rotatable bonds is 3. The Labute approximate surface area is 72.4 Å². The fourth-order valence-electron chi connectivity index (χ4n) is 0.857. The van der Waals surface area contributed by atoms with E-state index in [4.69, 9.17) is 5.11 Å². The molecular weight excluding hydrogens is 179 g/mol. The molecule has 0 spiro atoms. The zero-order chi connectivity index (χ0) is 9.84. The number of aromatic amines is 1. The van der Waals surface area contributed by atoms with E-state index in [1.165, 1.54) is 0 Å². The Balaban J connectivity index is 2.94. The van der Waals surface area contributed by atoms with Crippen molar-refractivity contribution in [3.8, 4) is 0 Å². The number of hydrogen-bond donors (Lipinski definition) is 2. The molecule has 0 amide bonds. The molecule has 72 valence electrons. The Hall–Kier alpha value is -1.43. The van der Waals surface area contributed by atoms with E-state index in [0.29, 0.717) is 0 Å². The predicted octanol–water partition coefficient (Wildman–Crippen LogP) is -1.13. The fourth-order valence-corrected chi connectivity index (χ4v) is 0.857. The summed E-state index contributed by atoms with van der Waals surface area (Å²) in [6.07, 6.45) is -1.27. The van der Waals surface area contributed by atoms with Crippen LogP contribution in [0.2, 0.25) is 0 Å². The Morgan fingerprint density at radius 1 is 1.54 bits per heavy atom. The molecule has 0 aliphatic rings. The third kappa shape index (κ3) is 2.51. The van der Waals surface area contributed by atoms with Gasteiger partial charge in [0, 0.05) is 12.1 Å². The lowest BCUT2D eigenvalue weighted by atomic mass is 10.4. The molecular formula is C7H9FN2O3. The summed E-state index contributed by atoms with van der Waals surface area (Å²) in [6, 6.07) is 2.13. The van der Waals surface area contributed by atoms with Gasteiger partial charge in [0.2, 0.25) is 0 Å². The minimum atomic E-state index is -1.27. The summed E-state index contributed by atoms with van der Waals surface area (Å²) in [5.41, 5.74) is -0.947. The SMILES string of the molecule is O=c1ccc(=O)n(CC(O)CF)[nH]1. The van der Waals surface area contributed by atoms with E-state index >= 15 is 0 Å². The smallest absolute Gasteiger partial charge is 0.265 e. The molecule has 1 atom stereocenters. The lowest BCUT2D eigenvalue weighted by molar-refractivity contribution is 0.116. The quantitative estimate of drug-likeness (QED) is 0.630. The maximum Gasteiger partial charge on any atom is 0.265 e. The van der Waals surface area contributed by atoms with Crippen LogP contribution in [-0.2, 0) is 6.54 Å². The highest BCUT2D eigenvalue weighted by Gasteiger charge is 2.05. The molecule has 1 unspecified atom stereocenters. The van der Waals surface area contributed by atoms with Crippen molar-refractivity contribution in [3.05, 3.63) is 32.8 Å². The summed E-state index contributed by atoms with van der Waals surface area (Å²) >= 11 is 0. The number of aliphatic hydroxyl groups excluding tert-OH is 1. The second kappa shape index (κ2) is 3.99. The van der Waals surface area contributed by atoms with Gasteiger partial charge in [-0.1, -0.05) is 0 Å². The molecule has 0 saturated carbocycles. The van der Waals surface area contributed by atoms with Gasteiger partial charge in [0.25, 0.3) is 11.1 Å². The van der Waals surface area contributed by atoms with Gasteiger partial charge in [-0.3, -0.25) is 14.7 Å². The van der Waals surface area contributed by atoms with E-state index in [-0.39, 0.29) is 6.54 Å². The van der Waals surface area contributed by atoms with Crippen molar-refractivity contribution in [2.24, 2.45) is 0 Å². The standard InChI is InChI=1S/C7H9FN2O3/c8-3-5(11)4-10-7(13)2-1-6(12)9-10/h1-2,5,11H,3-4H2,(H,9,12). The highest BCUT2D eigenvalue weighted by molar-refractivity contribution is 4.86. The largest absolute Gasteiger partial charge is 0.388 e. The van der Waals surface area contributed by atoms with Crippen LogP contribution in [0.1, 0.15) is 0 Å². The van der Waals surface area contributed by atoms with Crippen molar-refractivity contribution in [2.75, 3.05) is 6.67 Å². The number of halogens is 1. The second-order valence-corrected chi connectivity index (χ2v) is 2.57. The first-order valence-electron chi connectivity index (χ1n) is 3.67. The third-order valence-electron chi connectivity index (χ3n) is 1.46. The first-order valence-corrected chi connectivity index (χ1v) is 3.67. The van der Waals surface area contributed by atoms with Crippen LogP contribution in [0, 0.1) is 0 Å². The number of aliphatic hydroxyl groups is 1. The Morgan fingerprint density at radius 2 is 2.23 bits per heavy atom. The molecule has 0 fully saturated rings. The first-order chi connectivity index (χ1) is 6.13. The molecule has 1 aromatic rings. The van der Waals surface area contributed by atoms with Gasteiger partial charge in [0.1, 0.15) is 12.8 Å². The topological polar surface area (TPSA) is 75.1 Å². The van der Waals surface area contributed by atoms with Crippen molar-refractivity contribution in [1.29, 1.82) is 0 Å². The van der Waals surface area contributed by atoms with Gasteiger partial charge in [-0.25, -0.2) is 9.07 Å². The van der Waals surface area contributed by atoms with Crippen molar-refractivity contribution in [2.45, 2.75) is 12.6 Å². The number of nitrogens with one attached hydrogen (secondary N) is 1. The minimum Gasteiger partial charge on any atom is -0.388 e. The molecule has 0 aliphatic carbocycles. The Kier molecular flexibility index (Phi) is 2.97. The van der Waals surface area contributed by atoms with Gasteiger partial charge < -0.3 is 5.11 Å². The monoisotopic (exact) mass is 188 g/mol. The maximum absolute atomic E-state index is 11.8. The summed E-state index contributed by atoms with van der Waals surface area (Å²) in [5, 5.41) is 11.0. The summed E-state index contributed by atoms with van der Waals surface area (Å²) in [6.45, 7) is -1.20. The van der Waals surface area contributed by atoms with Crippen LogP contribution in [0.25, 0.3) is 0 Å². The van der Waals surface area contributed by atoms with Crippen molar-refractivity contribution >= 4 is 0 Å². The summed E-state index contributed by atoms with van der Waals surface area (Å²) in [7, 11) is 0. The lowest BCUT2D eigenvalue weighted by Gasteiger charge is -2.07. The van der Waals surface area contributed by atoms with Gasteiger partial charge in [-0.15, -0.1) is 0 Å². The summed E-state index contributed by atoms with van der Waals surface area (Å²) in [5.74, 6) is 0. The molecule has 0 radical (unpaired) electrons. The molecule has 0 aromatic carbocycles. The third-order valence-corrected chi connectivity index (χ3v) is 1.46. The van der Waals surface area contributed by atoms with Crippen LogP contribution in [0.3, 0.4) is 0 Å². The van der Waals surface area contributed by atoms with Crippen LogP contribution in [0.4, 0.5) is 4.39 Å². The molecule has 0 bridgehead atoms. The molecule has 6 heteroatoms. The van der Waals surface area contributed by atoms with Crippen molar-refractivity contribution in [3.63, 3.8) is 0 Å². The molecule has 1 aromatic heterocycles. The average Bonchev–Trinajstić information content (AvgIpc) is 2.11. The summed E-state index contributed by atoms with van der Waals surface area (Å²) < 4.78 is 12.7. The van der Waals surface area contributed by atoms with Gasteiger partial charge in [0.15, 0.2) is 0 Å². The molecule has 5 nitrogen and oxygen atoms in total. The van der Waals surface area contributed by atoms with E-state index < -0.39 is 23.9 Å². The molecule has 1 heterocycles. The zero-order valence-corrected chi connectivity index (χ0v) is 6.74. The van der Waals surface area contributed by atoms with Crippen molar-refractivity contribution < 1.29 is 9.50 Å². The van der Waals surface area contributed by atoms with E-state index in [1.54, 1.807) is 0 Å².